The molecule has 5 heterocycles. The van der Waals surface area contributed by atoms with Crippen LogP contribution < -0.4 is 24.6 Å². The number of methoxy groups -OCH3 is 1. The van der Waals surface area contributed by atoms with Crippen molar-refractivity contribution in [3.05, 3.63) is 29.2 Å². The zero-order chi connectivity index (χ0) is 28.1. The van der Waals surface area contributed by atoms with Crippen LogP contribution in [0.2, 0.25) is 0 Å². The highest BCUT2D eigenvalue weighted by Crippen LogP contribution is 2.47. The highest BCUT2D eigenvalue weighted by atomic mass is 32.1. The molecule has 1 amide bonds. The van der Waals surface area contributed by atoms with Gasteiger partial charge in [-0.1, -0.05) is 19.3 Å². The number of hydrogen-bond donors (Lipinski definition) is 1. The Morgan fingerprint density at radius 1 is 1.23 bits per heavy atom. The predicted molar refractivity (Wildman–Crippen MR) is 147 cm³/mol. The molecule has 2 aromatic rings. The molecule has 1 N–H and O–H groups in total. The number of carbonyl (C=O) groups is 2. The number of nitrogens with one attached hydrogen (secondary N) is 1. The molecule has 11 nitrogen and oxygen atoms in total. The largest absolute Gasteiger partial charge is 0.490 e. The molecule has 13 heteroatoms. The van der Waals surface area contributed by atoms with Crippen LogP contribution >= 0.6 is 11.3 Å². The number of esters is 1. The number of ether oxygens (including phenoxy) is 4. The van der Waals surface area contributed by atoms with E-state index in [-0.39, 0.29) is 59.9 Å². The van der Waals surface area contributed by atoms with E-state index in [0.29, 0.717) is 24.8 Å². The van der Waals surface area contributed by atoms with Crippen LogP contribution in [-0.2, 0) is 19.1 Å². The Hall–Kier alpha value is -3.45. The first-order chi connectivity index (χ1) is 19.5. The summed E-state index contributed by atoms with van der Waals surface area (Å²) in [5.41, 5.74) is 0.216. The summed E-state index contributed by atoms with van der Waals surface area (Å²) in [5, 5.41) is 5.28. The number of fused-ring (bicyclic) bond motifs is 1. The third kappa shape index (κ3) is 5.99. The lowest BCUT2D eigenvalue weighted by Gasteiger charge is -2.40. The Morgan fingerprint density at radius 3 is 2.80 bits per heavy atom. The summed E-state index contributed by atoms with van der Waals surface area (Å²) in [4.78, 5) is 37.6. The molecular weight excluding hydrogens is 541 g/mol. The lowest BCUT2D eigenvalue weighted by atomic mass is 9.98. The second kappa shape index (κ2) is 12.8. The molecule has 1 atom stereocenters. The number of pyridine rings is 1. The summed E-state index contributed by atoms with van der Waals surface area (Å²) >= 11 is 1.32. The van der Waals surface area contributed by atoms with E-state index in [1.807, 2.05) is 0 Å². The molecule has 5 rings (SSSR count). The maximum absolute atomic E-state index is 15.7. The van der Waals surface area contributed by atoms with Crippen LogP contribution in [0, 0.1) is 11.7 Å². The Balaban J connectivity index is 1.34. The van der Waals surface area contributed by atoms with Crippen molar-refractivity contribution in [1.29, 1.82) is 0 Å². The number of halogens is 1. The number of aromatic nitrogens is 2. The molecular formula is C27H34FN5O6S. The van der Waals surface area contributed by atoms with Gasteiger partial charge >= 0.3 is 5.97 Å². The SMILES string of the molecule is CCOC(=O)C1=CN(c2nccs2)c2nc(N3CC(C(=O)NCC4CCCCCCO4)C3)c(F)c(OC)c2OC1. The zero-order valence-electron chi connectivity index (χ0n) is 22.7. The van der Waals surface area contributed by atoms with Gasteiger partial charge < -0.3 is 29.2 Å². The summed E-state index contributed by atoms with van der Waals surface area (Å²) in [6, 6.07) is 0. The van der Waals surface area contributed by atoms with Crippen LogP contribution in [0.25, 0.3) is 0 Å². The van der Waals surface area contributed by atoms with Gasteiger partial charge in [-0.2, -0.15) is 4.39 Å². The number of anilines is 3. The second-order valence-corrected chi connectivity index (χ2v) is 10.7. The summed E-state index contributed by atoms with van der Waals surface area (Å²) in [6.07, 6.45) is 8.65. The molecule has 1 unspecified atom stereocenters. The van der Waals surface area contributed by atoms with E-state index in [1.165, 1.54) is 31.3 Å². The van der Waals surface area contributed by atoms with Gasteiger partial charge in [0.1, 0.15) is 6.61 Å². The summed E-state index contributed by atoms with van der Waals surface area (Å²) in [5.74, 6) is -1.50. The molecule has 0 aliphatic carbocycles. The van der Waals surface area contributed by atoms with Crippen LogP contribution in [0.4, 0.5) is 21.2 Å². The number of nitrogens with zero attached hydrogens (tertiary/aromatic N) is 4. The Bertz CT molecular complexity index is 1230. The molecule has 2 fully saturated rings. The first kappa shape index (κ1) is 28.1. The minimum Gasteiger partial charge on any atom is -0.490 e. The molecule has 0 spiro atoms. The van der Waals surface area contributed by atoms with E-state index in [1.54, 1.807) is 34.5 Å². The van der Waals surface area contributed by atoms with Crippen molar-refractivity contribution in [3.63, 3.8) is 0 Å². The fraction of sp³-hybridized carbons (Fsp3) is 0.556. The fourth-order valence-electron chi connectivity index (χ4n) is 4.91. The Kier molecular flexibility index (Phi) is 9.00. The summed E-state index contributed by atoms with van der Waals surface area (Å²) in [6.45, 7) is 3.53. The van der Waals surface area contributed by atoms with Crippen molar-refractivity contribution in [2.45, 2.75) is 45.1 Å². The number of amides is 1. The van der Waals surface area contributed by atoms with E-state index in [9.17, 15) is 9.59 Å². The maximum atomic E-state index is 15.7. The van der Waals surface area contributed by atoms with Crippen LogP contribution in [0.5, 0.6) is 11.5 Å². The molecule has 0 bridgehead atoms. The third-order valence-corrected chi connectivity index (χ3v) is 7.87. The van der Waals surface area contributed by atoms with Gasteiger partial charge in [-0.3, -0.25) is 9.69 Å². The van der Waals surface area contributed by atoms with E-state index < -0.39 is 11.8 Å². The third-order valence-electron chi connectivity index (χ3n) is 7.10. The van der Waals surface area contributed by atoms with Gasteiger partial charge in [0.2, 0.25) is 23.2 Å². The maximum Gasteiger partial charge on any atom is 0.338 e. The number of carbonyl (C=O) groups excluding carboxylic acids is 2. The van der Waals surface area contributed by atoms with Crippen LogP contribution in [0.15, 0.2) is 23.3 Å². The van der Waals surface area contributed by atoms with Crippen LogP contribution in [-0.4, -0.2) is 74.5 Å². The Morgan fingerprint density at radius 2 is 2.05 bits per heavy atom. The van der Waals surface area contributed by atoms with Gasteiger partial charge in [-0.25, -0.2) is 14.8 Å². The molecule has 216 valence electrons. The smallest absolute Gasteiger partial charge is 0.338 e. The van der Waals surface area contributed by atoms with E-state index >= 15 is 4.39 Å². The van der Waals surface area contributed by atoms with E-state index in [2.05, 4.69) is 15.3 Å². The average Bonchev–Trinajstić information content (AvgIpc) is 3.36. The molecule has 0 aromatic carbocycles. The lowest BCUT2D eigenvalue weighted by molar-refractivity contribution is -0.138. The molecule has 0 saturated carbocycles. The van der Waals surface area contributed by atoms with E-state index in [0.717, 1.165) is 25.9 Å². The summed E-state index contributed by atoms with van der Waals surface area (Å²) < 4.78 is 38.1. The second-order valence-electron chi connectivity index (χ2n) is 9.83. The van der Waals surface area contributed by atoms with Crippen molar-refractivity contribution in [2.75, 3.05) is 56.4 Å². The fourth-order valence-corrected chi connectivity index (χ4v) is 5.52. The topological polar surface area (TPSA) is 115 Å². The first-order valence-electron chi connectivity index (χ1n) is 13.6. The highest BCUT2D eigenvalue weighted by molar-refractivity contribution is 7.13. The van der Waals surface area contributed by atoms with Crippen LogP contribution in [0.1, 0.15) is 39.0 Å². The van der Waals surface area contributed by atoms with Crippen LogP contribution in [0.3, 0.4) is 0 Å². The zero-order valence-corrected chi connectivity index (χ0v) is 23.5. The van der Waals surface area contributed by atoms with E-state index in [4.69, 9.17) is 18.9 Å². The van der Waals surface area contributed by atoms with Crippen molar-refractivity contribution < 1.29 is 32.9 Å². The van der Waals surface area contributed by atoms with Gasteiger partial charge in [-0.05, 0) is 19.8 Å². The minimum absolute atomic E-state index is 0.0257. The molecule has 2 aromatic heterocycles. The van der Waals surface area contributed by atoms with Gasteiger partial charge in [0.15, 0.2) is 16.8 Å². The predicted octanol–water partition coefficient (Wildman–Crippen LogP) is 3.57. The number of thiazole rings is 1. The normalized spacial score (nSPS) is 19.7. The highest BCUT2D eigenvalue weighted by Gasteiger charge is 2.39. The Labute approximate surface area is 236 Å². The molecule has 3 aliphatic heterocycles. The van der Waals surface area contributed by atoms with Crippen molar-refractivity contribution in [3.8, 4) is 11.5 Å². The van der Waals surface area contributed by atoms with Crippen molar-refractivity contribution in [1.82, 2.24) is 15.3 Å². The van der Waals surface area contributed by atoms with Crippen molar-refractivity contribution >= 4 is 40.0 Å². The number of rotatable bonds is 8. The molecule has 0 radical (unpaired) electrons. The van der Waals surface area contributed by atoms with Gasteiger partial charge in [-0.15, -0.1) is 11.3 Å². The van der Waals surface area contributed by atoms with Gasteiger partial charge in [0.05, 0.1) is 31.3 Å². The summed E-state index contributed by atoms with van der Waals surface area (Å²) in [7, 11) is 1.34. The first-order valence-corrected chi connectivity index (χ1v) is 14.5. The minimum atomic E-state index is -0.707. The standard InChI is InChI=1S/C27H34FN5O6S/c1-3-37-26(35)18-15-33(27-29-9-11-40-27)24-22(39-16-18)21(36-2)20(28)23(31-24)32-13-17(14-32)25(34)30-12-19-8-6-4-5-7-10-38-19/h9,11,15,17,19H,3-8,10,12-14,16H2,1-2H3,(H,30,34). The monoisotopic (exact) mass is 575 g/mol. The van der Waals surface area contributed by atoms with Gasteiger partial charge in [0, 0.05) is 44.0 Å². The number of hydrogen-bond acceptors (Lipinski definition) is 11. The quantitative estimate of drug-likeness (QED) is 0.469. The van der Waals surface area contributed by atoms with Gasteiger partial charge in [0.25, 0.3) is 0 Å². The lowest BCUT2D eigenvalue weighted by Crippen LogP contribution is -2.55. The molecule has 3 aliphatic rings. The molecule has 40 heavy (non-hydrogen) atoms. The van der Waals surface area contributed by atoms with Crippen molar-refractivity contribution in [2.24, 2.45) is 5.92 Å². The average molecular weight is 576 g/mol. The molecule has 2 saturated heterocycles.